The molecule has 8 heteroatoms. The van der Waals surface area contributed by atoms with Crippen molar-refractivity contribution in [2.45, 2.75) is 46.5 Å². The molecule has 3 aromatic rings. The molecule has 0 saturated heterocycles. The van der Waals surface area contributed by atoms with Crippen LogP contribution >= 0.6 is 35.1 Å². The number of halogens is 1. The number of rotatable bonds is 4. The number of aromatic nitrogens is 3. The van der Waals surface area contributed by atoms with Crippen molar-refractivity contribution >= 4 is 52.4 Å². The van der Waals surface area contributed by atoms with Crippen LogP contribution in [0, 0.1) is 0 Å². The van der Waals surface area contributed by atoms with Gasteiger partial charge in [-0.1, -0.05) is 60.1 Å². The van der Waals surface area contributed by atoms with Crippen molar-refractivity contribution in [2.75, 3.05) is 10.7 Å². The van der Waals surface area contributed by atoms with E-state index >= 15 is 0 Å². The highest BCUT2D eigenvalue weighted by atomic mass is 35.5. The summed E-state index contributed by atoms with van der Waals surface area (Å²) in [5.41, 5.74) is 1.72. The minimum Gasteiger partial charge on any atom is -0.278 e. The molecular formula is C21H19ClN4OS2. The fraction of sp³-hybridized carbons (Fsp3) is 0.286. The van der Waals surface area contributed by atoms with Crippen LogP contribution in [-0.4, -0.2) is 26.8 Å². The van der Waals surface area contributed by atoms with Gasteiger partial charge < -0.3 is 0 Å². The molecule has 1 aliphatic heterocycles. The summed E-state index contributed by atoms with van der Waals surface area (Å²) in [5, 5.41) is 8.62. The first-order chi connectivity index (χ1) is 14.2. The molecule has 1 saturated carbocycles. The summed E-state index contributed by atoms with van der Waals surface area (Å²) in [4.78, 5) is 21.7. The molecule has 2 aromatic carbocycles. The molecule has 5 nitrogen and oxygen atoms in total. The first kappa shape index (κ1) is 19.0. The van der Waals surface area contributed by atoms with E-state index < -0.39 is 0 Å². The van der Waals surface area contributed by atoms with Gasteiger partial charge in [0.25, 0.3) is 0 Å². The average Bonchev–Trinajstić information content (AvgIpc) is 3.42. The van der Waals surface area contributed by atoms with Gasteiger partial charge in [-0.05, 0) is 43.2 Å². The lowest BCUT2D eigenvalue weighted by molar-refractivity contribution is -0.115. The van der Waals surface area contributed by atoms with E-state index in [9.17, 15) is 4.79 Å². The normalized spacial score (nSPS) is 16.0. The largest absolute Gasteiger partial charge is 0.278 e. The van der Waals surface area contributed by atoms with Gasteiger partial charge in [0, 0.05) is 20.7 Å². The van der Waals surface area contributed by atoms with Gasteiger partial charge in [-0.15, -0.1) is 5.10 Å². The Hall–Kier alpha value is -1.96. The van der Waals surface area contributed by atoms with Crippen LogP contribution in [0.15, 0.2) is 57.4 Å². The number of carbonyl (C=O) groups is 1. The monoisotopic (exact) mass is 442 g/mol. The summed E-state index contributed by atoms with van der Waals surface area (Å²) in [6.45, 7) is 0. The number of aromatic amines is 1. The maximum Gasteiger partial charge on any atom is 0.242 e. The average molecular weight is 443 g/mol. The second-order valence-electron chi connectivity index (χ2n) is 7.18. The molecule has 1 fully saturated rings. The summed E-state index contributed by atoms with van der Waals surface area (Å²) < 4.78 is 0. The molecule has 0 spiro atoms. The SMILES string of the molecule is O=C(CSc1n[nH]c(C2CCCC2)n1)N1c2ccccc2Sc2ccc(Cl)cc21. The molecule has 2 aliphatic rings. The van der Waals surface area contributed by atoms with Gasteiger partial charge in [0.2, 0.25) is 11.1 Å². The van der Waals surface area contributed by atoms with E-state index in [1.54, 1.807) is 16.7 Å². The summed E-state index contributed by atoms with van der Waals surface area (Å²) >= 11 is 9.26. The van der Waals surface area contributed by atoms with E-state index in [0.29, 0.717) is 16.1 Å². The Bertz CT molecular complexity index is 1060. The zero-order chi connectivity index (χ0) is 19.8. The lowest BCUT2D eigenvalue weighted by Crippen LogP contribution is -2.30. The number of amides is 1. The van der Waals surface area contributed by atoms with Gasteiger partial charge in [0.15, 0.2) is 0 Å². The van der Waals surface area contributed by atoms with Gasteiger partial charge in [-0.25, -0.2) is 4.98 Å². The predicted molar refractivity (Wildman–Crippen MR) is 117 cm³/mol. The van der Waals surface area contributed by atoms with Crippen LogP contribution in [0.25, 0.3) is 0 Å². The number of benzene rings is 2. The molecular weight excluding hydrogens is 424 g/mol. The Kier molecular flexibility index (Phi) is 5.28. The van der Waals surface area contributed by atoms with Crippen LogP contribution in [0.2, 0.25) is 5.02 Å². The van der Waals surface area contributed by atoms with Crippen LogP contribution in [0.5, 0.6) is 0 Å². The number of H-pyrrole nitrogens is 1. The van der Waals surface area contributed by atoms with Gasteiger partial charge >= 0.3 is 0 Å². The molecule has 148 valence electrons. The first-order valence-electron chi connectivity index (χ1n) is 9.63. The fourth-order valence-corrected chi connectivity index (χ4v) is 5.75. The third kappa shape index (κ3) is 3.79. The van der Waals surface area contributed by atoms with Gasteiger partial charge in [-0.2, -0.15) is 0 Å². The van der Waals surface area contributed by atoms with Crippen LogP contribution in [0.1, 0.15) is 37.4 Å². The number of hydrogen-bond acceptors (Lipinski definition) is 5. The number of carbonyl (C=O) groups excluding carboxylic acids is 1. The Morgan fingerprint density at radius 2 is 1.97 bits per heavy atom. The third-order valence-corrected chi connectivity index (χ3v) is 7.48. The molecule has 1 aromatic heterocycles. The molecule has 0 radical (unpaired) electrons. The van der Waals surface area contributed by atoms with E-state index in [0.717, 1.165) is 39.8 Å². The van der Waals surface area contributed by atoms with Crippen molar-refractivity contribution in [3.05, 3.63) is 53.3 Å². The summed E-state index contributed by atoms with van der Waals surface area (Å²) in [6, 6.07) is 13.6. The van der Waals surface area contributed by atoms with Gasteiger partial charge in [0.05, 0.1) is 17.1 Å². The smallest absolute Gasteiger partial charge is 0.242 e. The highest BCUT2D eigenvalue weighted by molar-refractivity contribution is 8.00. The molecule has 1 N–H and O–H groups in total. The fourth-order valence-electron chi connectivity index (χ4n) is 3.89. The minimum absolute atomic E-state index is 0.0153. The number of fused-ring (bicyclic) bond motifs is 2. The van der Waals surface area contributed by atoms with E-state index in [1.165, 1.54) is 24.6 Å². The zero-order valence-electron chi connectivity index (χ0n) is 15.6. The van der Waals surface area contributed by atoms with E-state index in [2.05, 4.69) is 15.2 Å². The Labute approximate surface area is 182 Å². The van der Waals surface area contributed by atoms with E-state index in [4.69, 9.17) is 11.6 Å². The zero-order valence-corrected chi connectivity index (χ0v) is 18.0. The van der Waals surface area contributed by atoms with Crippen molar-refractivity contribution in [1.29, 1.82) is 0 Å². The molecule has 1 aliphatic carbocycles. The predicted octanol–water partition coefficient (Wildman–Crippen LogP) is 6.04. The number of nitrogens with zero attached hydrogens (tertiary/aromatic N) is 3. The maximum absolute atomic E-state index is 13.3. The Balaban J connectivity index is 1.37. The number of hydrogen-bond donors (Lipinski definition) is 1. The first-order valence-corrected chi connectivity index (χ1v) is 11.8. The summed E-state index contributed by atoms with van der Waals surface area (Å²) in [5.74, 6) is 1.67. The second-order valence-corrected chi connectivity index (χ2v) is 9.65. The van der Waals surface area contributed by atoms with Crippen molar-refractivity contribution in [1.82, 2.24) is 15.2 Å². The number of para-hydroxylation sites is 1. The van der Waals surface area contributed by atoms with Crippen LogP contribution in [0.4, 0.5) is 11.4 Å². The molecule has 0 unspecified atom stereocenters. The molecule has 2 heterocycles. The van der Waals surface area contributed by atoms with Crippen molar-refractivity contribution < 1.29 is 4.79 Å². The van der Waals surface area contributed by atoms with Crippen molar-refractivity contribution in [2.24, 2.45) is 0 Å². The van der Waals surface area contributed by atoms with E-state index in [1.807, 2.05) is 42.5 Å². The number of nitrogens with one attached hydrogen (secondary N) is 1. The molecule has 29 heavy (non-hydrogen) atoms. The lowest BCUT2D eigenvalue weighted by atomic mass is 10.1. The number of thioether (sulfide) groups is 1. The topological polar surface area (TPSA) is 61.9 Å². The van der Waals surface area contributed by atoms with Gasteiger partial charge in [0.1, 0.15) is 5.82 Å². The summed E-state index contributed by atoms with van der Waals surface area (Å²) in [6.07, 6.45) is 4.83. The summed E-state index contributed by atoms with van der Waals surface area (Å²) in [7, 11) is 0. The van der Waals surface area contributed by atoms with E-state index in [-0.39, 0.29) is 11.7 Å². The third-order valence-electron chi connectivity index (χ3n) is 5.29. The minimum atomic E-state index is -0.0153. The highest BCUT2D eigenvalue weighted by Crippen LogP contribution is 2.49. The second kappa shape index (κ2) is 8.05. The van der Waals surface area contributed by atoms with Crippen molar-refractivity contribution in [3.63, 3.8) is 0 Å². The quantitative estimate of drug-likeness (QED) is 0.499. The van der Waals surface area contributed by atoms with Crippen LogP contribution in [0.3, 0.4) is 0 Å². The van der Waals surface area contributed by atoms with Gasteiger partial charge in [-0.3, -0.25) is 14.8 Å². The molecule has 1 amide bonds. The van der Waals surface area contributed by atoms with Crippen LogP contribution in [-0.2, 0) is 4.79 Å². The maximum atomic E-state index is 13.3. The molecule has 5 rings (SSSR count). The molecule has 0 atom stereocenters. The Morgan fingerprint density at radius 1 is 1.17 bits per heavy atom. The standard InChI is InChI=1S/C21H19ClN4OS2/c22-14-9-10-18-16(11-14)26(15-7-3-4-8-17(15)29-18)19(27)12-28-21-23-20(24-25-21)13-5-1-2-6-13/h3-4,7-11,13H,1-2,5-6,12H2,(H,23,24,25). The number of anilines is 2. The van der Waals surface area contributed by atoms with Crippen LogP contribution < -0.4 is 4.90 Å². The lowest BCUT2D eigenvalue weighted by Gasteiger charge is -2.31. The highest BCUT2D eigenvalue weighted by Gasteiger charge is 2.29. The molecule has 0 bridgehead atoms. The van der Waals surface area contributed by atoms with Crippen molar-refractivity contribution in [3.8, 4) is 0 Å². The Morgan fingerprint density at radius 3 is 2.83 bits per heavy atom.